The molecule has 0 saturated heterocycles. The Morgan fingerprint density at radius 2 is 2.30 bits per heavy atom. The van der Waals surface area contributed by atoms with Crippen LogP contribution in [0.4, 0.5) is 0 Å². The van der Waals surface area contributed by atoms with Gasteiger partial charge in [0.2, 0.25) is 0 Å². The summed E-state index contributed by atoms with van der Waals surface area (Å²) < 4.78 is 0. The molecule has 0 saturated carbocycles. The van der Waals surface area contributed by atoms with Gasteiger partial charge < -0.3 is 10.2 Å². The van der Waals surface area contributed by atoms with Crippen molar-refractivity contribution in [2.75, 3.05) is 0 Å². The van der Waals surface area contributed by atoms with E-state index >= 15 is 0 Å². The summed E-state index contributed by atoms with van der Waals surface area (Å²) in [7, 11) is 0. The monoisotopic (exact) mass is 142 g/mol. The van der Waals surface area contributed by atoms with E-state index in [1.54, 1.807) is 6.92 Å². The molecule has 0 fully saturated rings. The second-order valence-corrected chi connectivity index (χ2v) is 3.03. The number of allylic oxidation sites excluding steroid dienone is 1. The summed E-state index contributed by atoms with van der Waals surface area (Å²) in [6.45, 7) is 3.49. The Hall–Kier alpha value is -0.340. The molecule has 1 aliphatic rings. The lowest BCUT2D eigenvalue weighted by atomic mass is 9.91. The van der Waals surface area contributed by atoms with Crippen LogP contribution >= 0.6 is 0 Å². The highest BCUT2D eigenvalue weighted by Crippen LogP contribution is 2.32. The first-order valence-electron chi connectivity index (χ1n) is 3.65. The lowest BCUT2D eigenvalue weighted by Gasteiger charge is -2.27. The fourth-order valence-electron chi connectivity index (χ4n) is 1.42. The molecule has 58 valence electrons. The molecule has 0 aromatic heterocycles. The van der Waals surface area contributed by atoms with Gasteiger partial charge >= 0.3 is 0 Å². The molecule has 2 atom stereocenters. The van der Waals surface area contributed by atoms with Gasteiger partial charge in [-0.15, -0.1) is 0 Å². The standard InChI is InChI=1S/C8H14O2/c1-6-4-3-5-8(6,10)7(2)9/h4,7,9-10H,3,5H2,1-2H3/t7-,8+/m1/s1. The number of aliphatic hydroxyl groups is 2. The molecular weight excluding hydrogens is 128 g/mol. The summed E-state index contributed by atoms with van der Waals surface area (Å²) in [6.07, 6.45) is 2.88. The van der Waals surface area contributed by atoms with Crippen LogP contribution in [0.2, 0.25) is 0 Å². The van der Waals surface area contributed by atoms with Crippen molar-refractivity contribution in [1.82, 2.24) is 0 Å². The SMILES string of the molecule is CC1=CCC[C@@]1(O)[C@@H](C)O. The molecule has 0 spiro atoms. The van der Waals surface area contributed by atoms with E-state index in [1.807, 2.05) is 13.0 Å². The summed E-state index contributed by atoms with van der Waals surface area (Å²) in [5.41, 5.74) is -0.0255. The van der Waals surface area contributed by atoms with E-state index in [2.05, 4.69) is 0 Å². The summed E-state index contributed by atoms with van der Waals surface area (Å²) in [5, 5.41) is 18.9. The molecule has 0 unspecified atom stereocenters. The van der Waals surface area contributed by atoms with Gasteiger partial charge in [0, 0.05) is 0 Å². The summed E-state index contributed by atoms with van der Waals surface area (Å²) >= 11 is 0. The highest BCUT2D eigenvalue weighted by Gasteiger charge is 2.36. The lowest BCUT2D eigenvalue weighted by Crippen LogP contribution is -2.39. The minimum absolute atomic E-state index is 0.647. The fraction of sp³-hybridized carbons (Fsp3) is 0.750. The van der Waals surface area contributed by atoms with Gasteiger partial charge in [-0.3, -0.25) is 0 Å². The van der Waals surface area contributed by atoms with Crippen molar-refractivity contribution >= 4 is 0 Å². The second kappa shape index (κ2) is 2.36. The molecule has 0 amide bonds. The van der Waals surface area contributed by atoms with E-state index in [9.17, 15) is 10.2 Å². The van der Waals surface area contributed by atoms with Gasteiger partial charge in [0.15, 0.2) is 0 Å². The first-order chi connectivity index (χ1) is 4.57. The largest absolute Gasteiger partial charge is 0.390 e. The maximum absolute atomic E-state index is 9.72. The topological polar surface area (TPSA) is 40.5 Å². The van der Waals surface area contributed by atoms with Crippen LogP contribution in [0.25, 0.3) is 0 Å². The quantitative estimate of drug-likeness (QED) is 0.532. The van der Waals surface area contributed by atoms with Crippen molar-refractivity contribution in [2.45, 2.75) is 38.4 Å². The van der Waals surface area contributed by atoms with Crippen LogP contribution in [0.5, 0.6) is 0 Å². The summed E-state index contributed by atoms with van der Waals surface area (Å²) in [5.74, 6) is 0. The zero-order valence-corrected chi connectivity index (χ0v) is 6.46. The van der Waals surface area contributed by atoms with Crippen LogP contribution < -0.4 is 0 Å². The van der Waals surface area contributed by atoms with Crippen molar-refractivity contribution in [3.63, 3.8) is 0 Å². The third-order valence-corrected chi connectivity index (χ3v) is 2.35. The predicted octanol–water partition coefficient (Wildman–Crippen LogP) is 0.838. The Bertz CT molecular complexity index is 161. The van der Waals surface area contributed by atoms with Crippen molar-refractivity contribution in [1.29, 1.82) is 0 Å². The number of rotatable bonds is 1. The predicted molar refractivity (Wildman–Crippen MR) is 39.6 cm³/mol. The van der Waals surface area contributed by atoms with Gasteiger partial charge in [-0.1, -0.05) is 6.08 Å². The molecule has 2 N–H and O–H groups in total. The molecule has 0 heterocycles. The van der Waals surface area contributed by atoms with Crippen molar-refractivity contribution in [3.05, 3.63) is 11.6 Å². The highest BCUT2D eigenvalue weighted by atomic mass is 16.3. The Kier molecular flexibility index (Phi) is 1.84. The van der Waals surface area contributed by atoms with E-state index in [4.69, 9.17) is 0 Å². The minimum atomic E-state index is -0.931. The summed E-state index contributed by atoms with van der Waals surface area (Å²) in [6, 6.07) is 0. The summed E-state index contributed by atoms with van der Waals surface area (Å²) in [4.78, 5) is 0. The van der Waals surface area contributed by atoms with Crippen LogP contribution in [0.3, 0.4) is 0 Å². The van der Waals surface area contributed by atoms with Crippen LogP contribution in [-0.4, -0.2) is 21.9 Å². The highest BCUT2D eigenvalue weighted by molar-refractivity contribution is 5.21. The average Bonchev–Trinajstić information content (AvgIpc) is 2.15. The maximum Gasteiger partial charge on any atom is 0.111 e. The molecule has 2 nitrogen and oxygen atoms in total. The molecule has 1 rings (SSSR count). The first-order valence-corrected chi connectivity index (χ1v) is 3.65. The zero-order valence-electron chi connectivity index (χ0n) is 6.46. The van der Waals surface area contributed by atoms with Crippen LogP contribution in [0.15, 0.2) is 11.6 Å². The van der Waals surface area contributed by atoms with Crippen molar-refractivity contribution in [2.24, 2.45) is 0 Å². The molecule has 0 aromatic rings. The van der Waals surface area contributed by atoms with E-state index in [-0.39, 0.29) is 0 Å². The first kappa shape index (κ1) is 7.76. The number of hydrogen-bond donors (Lipinski definition) is 2. The van der Waals surface area contributed by atoms with Gasteiger partial charge in [0.05, 0.1) is 6.10 Å². The van der Waals surface area contributed by atoms with E-state index in [0.717, 1.165) is 12.0 Å². The molecular formula is C8H14O2. The van der Waals surface area contributed by atoms with Crippen LogP contribution in [-0.2, 0) is 0 Å². The lowest BCUT2D eigenvalue weighted by molar-refractivity contribution is -0.0366. The number of aliphatic hydroxyl groups excluding tert-OH is 1. The Morgan fingerprint density at radius 3 is 2.50 bits per heavy atom. The molecule has 0 bridgehead atoms. The maximum atomic E-state index is 9.72. The van der Waals surface area contributed by atoms with Gasteiger partial charge in [0.1, 0.15) is 5.60 Å². The smallest absolute Gasteiger partial charge is 0.111 e. The van der Waals surface area contributed by atoms with Crippen LogP contribution in [0.1, 0.15) is 26.7 Å². The van der Waals surface area contributed by atoms with E-state index < -0.39 is 11.7 Å². The normalized spacial score (nSPS) is 35.8. The van der Waals surface area contributed by atoms with Crippen molar-refractivity contribution in [3.8, 4) is 0 Å². The average molecular weight is 142 g/mol. The van der Waals surface area contributed by atoms with Gasteiger partial charge in [0.25, 0.3) is 0 Å². The zero-order chi connectivity index (χ0) is 7.78. The van der Waals surface area contributed by atoms with Gasteiger partial charge in [-0.2, -0.15) is 0 Å². The van der Waals surface area contributed by atoms with E-state index in [0.29, 0.717) is 6.42 Å². The molecule has 10 heavy (non-hydrogen) atoms. The third kappa shape index (κ3) is 0.976. The molecule has 0 aliphatic heterocycles. The van der Waals surface area contributed by atoms with Gasteiger partial charge in [-0.25, -0.2) is 0 Å². The van der Waals surface area contributed by atoms with Crippen molar-refractivity contribution < 1.29 is 10.2 Å². The second-order valence-electron chi connectivity index (χ2n) is 3.03. The van der Waals surface area contributed by atoms with E-state index in [1.165, 1.54) is 0 Å². The molecule has 0 aromatic carbocycles. The Labute approximate surface area is 61.2 Å². The molecule has 0 radical (unpaired) electrons. The third-order valence-electron chi connectivity index (χ3n) is 2.35. The van der Waals surface area contributed by atoms with Gasteiger partial charge in [-0.05, 0) is 32.3 Å². The Balaban J connectivity index is 2.78. The molecule has 2 heteroatoms. The minimum Gasteiger partial charge on any atom is -0.390 e. The molecule has 1 aliphatic carbocycles. The fourth-order valence-corrected chi connectivity index (χ4v) is 1.42. The van der Waals surface area contributed by atoms with Crippen LogP contribution in [0, 0.1) is 0 Å². The Morgan fingerprint density at radius 1 is 1.70 bits per heavy atom. The number of hydrogen-bond acceptors (Lipinski definition) is 2.